The molecule has 1 N–H and O–H groups in total. The van der Waals surface area contributed by atoms with Gasteiger partial charge in [0.05, 0.1) is 5.41 Å². The zero-order chi connectivity index (χ0) is 22.3. The maximum atomic E-state index is 13.4. The van der Waals surface area contributed by atoms with Crippen molar-refractivity contribution in [2.45, 2.75) is 57.5 Å². The van der Waals surface area contributed by atoms with Gasteiger partial charge in [0.1, 0.15) is 5.60 Å². The molecule has 1 aliphatic heterocycles. The van der Waals surface area contributed by atoms with E-state index in [2.05, 4.69) is 17.4 Å². The number of hydrogen-bond donors (Lipinski definition) is 1. The highest BCUT2D eigenvalue weighted by molar-refractivity contribution is 5.88. The Morgan fingerprint density at radius 3 is 2.13 bits per heavy atom. The third-order valence-corrected chi connectivity index (χ3v) is 5.80. The molecule has 5 nitrogen and oxygen atoms in total. The van der Waals surface area contributed by atoms with Crippen LogP contribution in [0.15, 0.2) is 60.7 Å². The zero-order valence-corrected chi connectivity index (χ0v) is 18.9. The van der Waals surface area contributed by atoms with Crippen LogP contribution in [0.1, 0.15) is 51.2 Å². The lowest BCUT2D eigenvalue weighted by molar-refractivity contribution is -0.128. The van der Waals surface area contributed by atoms with Crippen LogP contribution in [0.25, 0.3) is 0 Å². The first-order valence-electron chi connectivity index (χ1n) is 11.2. The van der Waals surface area contributed by atoms with Gasteiger partial charge in [-0.3, -0.25) is 4.79 Å². The van der Waals surface area contributed by atoms with E-state index < -0.39 is 11.0 Å². The first-order chi connectivity index (χ1) is 14.8. The number of nitrogens with one attached hydrogen (secondary N) is 1. The highest BCUT2D eigenvalue weighted by Gasteiger charge is 2.44. The molecule has 0 aromatic heterocycles. The molecule has 0 spiro atoms. The maximum Gasteiger partial charge on any atom is 0.410 e. The molecule has 0 bridgehead atoms. The van der Waals surface area contributed by atoms with Gasteiger partial charge in [-0.1, -0.05) is 60.7 Å². The molecule has 1 heterocycles. The molecule has 166 valence electrons. The number of ether oxygens (including phenoxy) is 1. The monoisotopic (exact) mass is 422 g/mol. The topological polar surface area (TPSA) is 58.6 Å². The van der Waals surface area contributed by atoms with Crippen LogP contribution in [0.3, 0.4) is 0 Å². The lowest BCUT2D eigenvalue weighted by Gasteiger charge is -2.41. The first-order valence-corrected chi connectivity index (χ1v) is 11.2. The molecule has 0 radical (unpaired) electrons. The number of aryl methyl sites for hydroxylation is 1. The summed E-state index contributed by atoms with van der Waals surface area (Å²) in [5, 5.41) is 3.17. The Bertz CT molecular complexity index is 851. The largest absolute Gasteiger partial charge is 0.444 e. The molecule has 2 aromatic rings. The van der Waals surface area contributed by atoms with Crippen LogP contribution < -0.4 is 5.32 Å². The summed E-state index contributed by atoms with van der Waals surface area (Å²) in [5.41, 5.74) is 1.15. The van der Waals surface area contributed by atoms with Crippen molar-refractivity contribution in [3.63, 3.8) is 0 Å². The molecule has 0 aliphatic carbocycles. The van der Waals surface area contributed by atoms with Crippen LogP contribution in [0.2, 0.25) is 0 Å². The average Bonchev–Trinajstić information content (AvgIpc) is 2.77. The summed E-state index contributed by atoms with van der Waals surface area (Å²) in [5.74, 6) is 0.0515. The van der Waals surface area contributed by atoms with Crippen molar-refractivity contribution >= 4 is 12.0 Å². The highest BCUT2D eigenvalue weighted by Crippen LogP contribution is 2.36. The van der Waals surface area contributed by atoms with Crippen LogP contribution in [-0.2, 0) is 21.4 Å². The average molecular weight is 423 g/mol. The van der Waals surface area contributed by atoms with Gasteiger partial charge in [0.25, 0.3) is 0 Å². The van der Waals surface area contributed by atoms with Crippen LogP contribution >= 0.6 is 0 Å². The van der Waals surface area contributed by atoms with Crippen molar-refractivity contribution in [2.75, 3.05) is 19.6 Å². The summed E-state index contributed by atoms with van der Waals surface area (Å²) in [6, 6.07) is 20.3. The van der Waals surface area contributed by atoms with E-state index >= 15 is 0 Å². The van der Waals surface area contributed by atoms with Crippen LogP contribution in [-0.4, -0.2) is 42.1 Å². The first kappa shape index (κ1) is 22.9. The van der Waals surface area contributed by atoms with Gasteiger partial charge in [0.2, 0.25) is 5.91 Å². The molecule has 3 rings (SSSR count). The Kier molecular flexibility index (Phi) is 7.37. The fourth-order valence-electron chi connectivity index (χ4n) is 4.11. The second-order valence-corrected chi connectivity index (χ2v) is 9.26. The number of rotatable bonds is 6. The standard InChI is InChI=1S/C26H34N2O3/c1-25(2,3)31-24(30)28-19-16-26(17-20-28,22-14-8-5-9-15-22)23(29)27-18-10-13-21-11-6-4-7-12-21/h4-9,11-12,14-15H,10,13,16-20H2,1-3H3,(H,27,29). The summed E-state index contributed by atoms with van der Waals surface area (Å²) < 4.78 is 5.52. The molecule has 1 aliphatic rings. The molecule has 0 unspecified atom stereocenters. The predicted octanol–water partition coefficient (Wildman–Crippen LogP) is 4.70. The van der Waals surface area contributed by atoms with Crippen LogP contribution in [0, 0.1) is 0 Å². The number of carbonyl (C=O) groups excluding carboxylic acids is 2. The van der Waals surface area contributed by atoms with E-state index in [-0.39, 0.29) is 12.0 Å². The fraction of sp³-hybridized carbons (Fsp3) is 0.462. The van der Waals surface area contributed by atoms with Gasteiger partial charge in [-0.05, 0) is 57.6 Å². The third-order valence-electron chi connectivity index (χ3n) is 5.80. The molecule has 2 amide bonds. The lowest BCUT2D eigenvalue weighted by atomic mass is 9.72. The molecule has 1 saturated heterocycles. The van der Waals surface area contributed by atoms with Crippen molar-refractivity contribution < 1.29 is 14.3 Å². The summed E-state index contributed by atoms with van der Waals surface area (Å²) in [6.07, 6.45) is 2.69. The Hall–Kier alpha value is -2.82. The smallest absolute Gasteiger partial charge is 0.410 e. The molecule has 0 atom stereocenters. The van der Waals surface area contributed by atoms with Gasteiger partial charge in [-0.2, -0.15) is 0 Å². The predicted molar refractivity (Wildman–Crippen MR) is 123 cm³/mol. The Morgan fingerprint density at radius 2 is 1.55 bits per heavy atom. The number of likely N-dealkylation sites (tertiary alicyclic amines) is 1. The van der Waals surface area contributed by atoms with E-state index in [1.54, 1.807) is 4.90 Å². The van der Waals surface area contributed by atoms with Gasteiger partial charge >= 0.3 is 6.09 Å². The number of nitrogens with zero attached hydrogens (tertiary/aromatic N) is 1. The van der Waals surface area contributed by atoms with Crippen molar-refractivity contribution in [2.24, 2.45) is 0 Å². The summed E-state index contributed by atoms with van der Waals surface area (Å²) >= 11 is 0. The van der Waals surface area contributed by atoms with Crippen molar-refractivity contribution in [3.05, 3.63) is 71.8 Å². The molecular weight excluding hydrogens is 388 g/mol. The van der Waals surface area contributed by atoms with Gasteiger partial charge in [0.15, 0.2) is 0 Å². The molecule has 1 fully saturated rings. The highest BCUT2D eigenvalue weighted by atomic mass is 16.6. The number of amides is 2. The molecule has 2 aromatic carbocycles. The molecular formula is C26H34N2O3. The van der Waals surface area contributed by atoms with Gasteiger partial charge in [-0.25, -0.2) is 4.79 Å². The van der Waals surface area contributed by atoms with Crippen molar-refractivity contribution in [1.82, 2.24) is 10.2 Å². The Labute approximate surface area is 185 Å². The molecule has 0 saturated carbocycles. The third kappa shape index (κ3) is 6.09. The Balaban J connectivity index is 1.63. The summed E-state index contributed by atoms with van der Waals surface area (Å²) in [6.45, 7) is 7.24. The van der Waals surface area contributed by atoms with Crippen LogP contribution in [0.4, 0.5) is 4.79 Å². The van der Waals surface area contributed by atoms with E-state index in [4.69, 9.17) is 4.74 Å². The zero-order valence-electron chi connectivity index (χ0n) is 18.9. The SMILES string of the molecule is CC(C)(C)OC(=O)N1CCC(C(=O)NCCCc2ccccc2)(c2ccccc2)CC1. The minimum absolute atomic E-state index is 0.0515. The summed E-state index contributed by atoms with van der Waals surface area (Å²) in [4.78, 5) is 27.6. The second kappa shape index (κ2) is 9.99. The van der Waals surface area contributed by atoms with E-state index in [0.717, 1.165) is 18.4 Å². The van der Waals surface area contributed by atoms with Gasteiger partial charge in [-0.15, -0.1) is 0 Å². The maximum absolute atomic E-state index is 13.4. The van der Waals surface area contributed by atoms with Gasteiger partial charge in [0, 0.05) is 19.6 Å². The van der Waals surface area contributed by atoms with Crippen molar-refractivity contribution in [3.8, 4) is 0 Å². The minimum atomic E-state index is -0.619. The van der Waals surface area contributed by atoms with Crippen molar-refractivity contribution in [1.29, 1.82) is 0 Å². The number of piperidine rings is 1. The molecule has 5 heteroatoms. The quantitative estimate of drug-likeness (QED) is 0.686. The molecule has 31 heavy (non-hydrogen) atoms. The minimum Gasteiger partial charge on any atom is -0.444 e. The number of carbonyl (C=O) groups is 2. The van der Waals surface area contributed by atoms with Gasteiger partial charge < -0.3 is 15.0 Å². The van der Waals surface area contributed by atoms with E-state index in [1.165, 1.54) is 5.56 Å². The summed E-state index contributed by atoms with van der Waals surface area (Å²) in [7, 11) is 0. The van der Waals surface area contributed by atoms with Crippen LogP contribution in [0.5, 0.6) is 0 Å². The van der Waals surface area contributed by atoms with E-state index in [0.29, 0.717) is 32.5 Å². The lowest BCUT2D eigenvalue weighted by Crippen LogP contribution is -2.53. The van der Waals surface area contributed by atoms with E-state index in [1.807, 2.05) is 69.3 Å². The normalized spacial score (nSPS) is 15.9. The second-order valence-electron chi connectivity index (χ2n) is 9.26. The fourth-order valence-corrected chi connectivity index (χ4v) is 4.11. The number of benzene rings is 2. The van der Waals surface area contributed by atoms with E-state index in [9.17, 15) is 9.59 Å². The number of hydrogen-bond acceptors (Lipinski definition) is 3. The Morgan fingerprint density at radius 1 is 0.968 bits per heavy atom.